The smallest absolute Gasteiger partial charge is 0.238 e. The normalized spacial score (nSPS) is 10.7. The number of carbonyl (C=O) groups excluding carboxylic acids is 1. The number of thiophene rings is 1. The number of para-hydroxylation sites is 1. The maximum atomic E-state index is 12.2. The second-order valence-corrected chi connectivity index (χ2v) is 6.90. The number of hydrogen-bond donors (Lipinski definition) is 1. The number of hydrogen-bond acceptors (Lipinski definition) is 3. The van der Waals surface area contributed by atoms with Crippen LogP contribution in [0.2, 0.25) is 9.36 Å². The van der Waals surface area contributed by atoms with E-state index in [1.807, 2.05) is 29.2 Å². The van der Waals surface area contributed by atoms with Crippen LogP contribution < -0.4 is 5.32 Å². The molecule has 22 heavy (non-hydrogen) atoms. The minimum absolute atomic E-state index is 0.113. The van der Waals surface area contributed by atoms with E-state index in [0.29, 0.717) is 23.8 Å². The van der Waals surface area contributed by atoms with Gasteiger partial charge < -0.3 is 5.32 Å². The van der Waals surface area contributed by atoms with Crippen molar-refractivity contribution in [1.29, 1.82) is 0 Å². The molecular formula is C16H16Cl2N2OS. The number of nitrogens with zero attached hydrogens (tertiary/aromatic N) is 1. The van der Waals surface area contributed by atoms with Crippen molar-refractivity contribution in [3.63, 3.8) is 0 Å². The summed E-state index contributed by atoms with van der Waals surface area (Å²) in [4.78, 5) is 15.3. The fourth-order valence-electron chi connectivity index (χ4n) is 1.98. The summed E-state index contributed by atoms with van der Waals surface area (Å²) in [5.41, 5.74) is 0.617. The van der Waals surface area contributed by atoms with E-state index in [9.17, 15) is 4.79 Å². The molecule has 0 spiro atoms. The summed E-state index contributed by atoms with van der Waals surface area (Å²) in [6, 6.07) is 11.0. The molecule has 3 nitrogen and oxygen atoms in total. The van der Waals surface area contributed by atoms with Crippen LogP contribution in [0.25, 0.3) is 0 Å². The van der Waals surface area contributed by atoms with Crippen molar-refractivity contribution in [3.05, 3.63) is 63.3 Å². The zero-order chi connectivity index (χ0) is 15.9. The molecule has 2 aromatic rings. The Labute approximate surface area is 144 Å². The quantitative estimate of drug-likeness (QED) is 0.732. The molecule has 2 rings (SSSR count). The molecule has 1 aromatic heterocycles. The van der Waals surface area contributed by atoms with Gasteiger partial charge in [0.25, 0.3) is 0 Å². The second kappa shape index (κ2) is 8.34. The molecule has 6 heteroatoms. The molecule has 0 atom stereocenters. The van der Waals surface area contributed by atoms with Crippen LogP contribution in [0, 0.1) is 0 Å². The Morgan fingerprint density at radius 1 is 1.27 bits per heavy atom. The van der Waals surface area contributed by atoms with E-state index in [1.165, 1.54) is 11.3 Å². The molecule has 1 aromatic carbocycles. The summed E-state index contributed by atoms with van der Waals surface area (Å²) in [5, 5.41) is 3.34. The number of benzene rings is 1. The topological polar surface area (TPSA) is 32.3 Å². The van der Waals surface area contributed by atoms with Gasteiger partial charge in [-0.1, -0.05) is 41.4 Å². The first kappa shape index (κ1) is 17.0. The Morgan fingerprint density at radius 2 is 2.05 bits per heavy atom. The number of halogens is 2. The van der Waals surface area contributed by atoms with Crippen LogP contribution in [-0.2, 0) is 11.3 Å². The molecule has 1 N–H and O–H groups in total. The molecular weight excluding hydrogens is 339 g/mol. The lowest BCUT2D eigenvalue weighted by atomic mass is 10.3. The SMILES string of the molecule is C=CCN(CC(=O)Nc1ccccc1Cl)Cc1ccc(Cl)s1. The van der Waals surface area contributed by atoms with Gasteiger partial charge in [0.15, 0.2) is 0 Å². The van der Waals surface area contributed by atoms with Gasteiger partial charge >= 0.3 is 0 Å². The largest absolute Gasteiger partial charge is 0.324 e. The molecule has 0 radical (unpaired) electrons. The molecule has 0 bridgehead atoms. The molecule has 116 valence electrons. The van der Waals surface area contributed by atoms with Crippen molar-refractivity contribution in [2.75, 3.05) is 18.4 Å². The molecule has 0 aliphatic rings. The number of anilines is 1. The highest BCUT2D eigenvalue weighted by atomic mass is 35.5. The zero-order valence-corrected chi connectivity index (χ0v) is 14.2. The molecule has 1 heterocycles. The highest BCUT2D eigenvalue weighted by Gasteiger charge is 2.12. The van der Waals surface area contributed by atoms with E-state index in [2.05, 4.69) is 11.9 Å². The molecule has 0 aliphatic carbocycles. The Kier molecular flexibility index (Phi) is 6.46. The van der Waals surface area contributed by atoms with Gasteiger partial charge in [-0.3, -0.25) is 9.69 Å². The lowest BCUT2D eigenvalue weighted by Gasteiger charge is -2.19. The van der Waals surface area contributed by atoms with E-state index in [0.717, 1.165) is 9.21 Å². The Bertz CT molecular complexity index is 657. The van der Waals surface area contributed by atoms with Crippen LogP contribution in [0.3, 0.4) is 0 Å². The standard InChI is InChI=1S/C16H16Cl2N2OS/c1-2-9-20(10-12-7-8-15(18)22-12)11-16(21)19-14-6-4-3-5-13(14)17/h2-8H,1,9-11H2,(H,19,21). The molecule has 0 aliphatic heterocycles. The van der Waals surface area contributed by atoms with Crippen LogP contribution in [0.15, 0.2) is 49.1 Å². The fourth-order valence-corrected chi connectivity index (χ4v) is 3.29. The average molecular weight is 355 g/mol. The molecule has 0 saturated carbocycles. The molecule has 0 saturated heterocycles. The summed E-state index contributed by atoms with van der Waals surface area (Å²) in [6.07, 6.45) is 1.78. The zero-order valence-electron chi connectivity index (χ0n) is 11.9. The van der Waals surface area contributed by atoms with Crippen molar-refractivity contribution < 1.29 is 4.79 Å². The summed E-state index contributed by atoms with van der Waals surface area (Å²) in [6.45, 7) is 5.26. The Balaban J connectivity index is 1.96. The summed E-state index contributed by atoms with van der Waals surface area (Å²) in [5.74, 6) is -0.113. The van der Waals surface area contributed by atoms with E-state index in [4.69, 9.17) is 23.2 Å². The monoisotopic (exact) mass is 354 g/mol. The van der Waals surface area contributed by atoms with Crippen molar-refractivity contribution in [2.45, 2.75) is 6.54 Å². The van der Waals surface area contributed by atoms with Gasteiger partial charge in [0.05, 0.1) is 21.6 Å². The summed E-state index contributed by atoms with van der Waals surface area (Å²) >= 11 is 13.5. The van der Waals surface area contributed by atoms with Crippen LogP contribution in [0.5, 0.6) is 0 Å². The maximum Gasteiger partial charge on any atom is 0.238 e. The predicted octanol–water partition coefficient (Wildman–Crippen LogP) is 4.68. The fraction of sp³-hybridized carbons (Fsp3) is 0.188. The van der Waals surface area contributed by atoms with E-state index in [-0.39, 0.29) is 12.5 Å². The van der Waals surface area contributed by atoms with Crippen LogP contribution in [-0.4, -0.2) is 23.9 Å². The minimum atomic E-state index is -0.113. The maximum absolute atomic E-state index is 12.2. The molecule has 0 fully saturated rings. The van der Waals surface area contributed by atoms with Crippen molar-refractivity contribution in [3.8, 4) is 0 Å². The minimum Gasteiger partial charge on any atom is -0.324 e. The highest BCUT2D eigenvalue weighted by Crippen LogP contribution is 2.23. The van der Waals surface area contributed by atoms with Crippen LogP contribution in [0.4, 0.5) is 5.69 Å². The van der Waals surface area contributed by atoms with E-state index < -0.39 is 0 Å². The number of rotatable bonds is 7. The van der Waals surface area contributed by atoms with E-state index >= 15 is 0 Å². The first-order valence-electron chi connectivity index (χ1n) is 6.70. The third-order valence-corrected chi connectivity index (χ3v) is 4.46. The van der Waals surface area contributed by atoms with Gasteiger partial charge in [0, 0.05) is 18.0 Å². The van der Waals surface area contributed by atoms with E-state index in [1.54, 1.807) is 18.2 Å². The lowest BCUT2D eigenvalue weighted by Crippen LogP contribution is -2.32. The summed E-state index contributed by atoms with van der Waals surface area (Å²) < 4.78 is 0.745. The van der Waals surface area contributed by atoms with Gasteiger partial charge in [0.2, 0.25) is 5.91 Å². The van der Waals surface area contributed by atoms with Gasteiger partial charge in [0.1, 0.15) is 0 Å². The van der Waals surface area contributed by atoms with Gasteiger partial charge in [-0.25, -0.2) is 0 Å². The van der Waals surface area contributed by atoms with Crippen molar-refractivity contribution in [2.24, 2.45) is 0 Å². The number of carbonyl (C=O) groups is 1. The second-order valence-electron chi connectivity index (χ2n) is 4.69. The summed E-state index contributed by atoms with van der Waals surface area (Å²) in [7, 11) is 0. The predicted molar refractivity (Wildman–Crippen MR) is 94.9 cm³/mol. The van der Waals surface area contributed by atoms with Crippen LogP contribution in [0.1, 0.15) is 4.88 Å². The van der Waals surface area contributed by atoms with Gasteiger partial charge in [-0.2, -0.15) is 0 Å². The Hall–Kier alpha value is -1.33. The first-order valence-corrected chi connectivity index (χ1v) is 8.27. The van der Waals surface area contributed by atoms with Crippen LogP contribution >= 0.6 is 34.5 Å². The lowest BCUT2D eigenvalue weighted by molar-refractivity contribution is -0.117. The third-order valence-electron chi connectivity index (χ3n) is 2.91. The number of amides is 1. The highest BCUT2D eigenvalue weighted by molar-refractivity contribution is 7.16. The Morgan fingerprint density at radius 3 is 2.68 bits per heavy atom. The van der Waals surface area contributed by atoms with Crippen molar-refractivity contribution in [1.82, 2.24) is 4.90 Å². The van der Waals surface area contributed by atoms with Gasteiger partial charge in [-0.15, -0.1) is 17.9 Å². The van der Waals surface area contributed by atoms with Crippen molar-refractivity contribution >= 4 is 46.1 Å². The first-order chi connectivity index (χ1) is 10.6. The average Bonchev–Trinajstić information content (AvgIpc) is 2.87. The molecule has 1 amide bonds. The number of nitrogens with one attached hydrogen (secondary N) is 1. The third kappa shape index (κ3) is 5.14. The molecule has 0 unspecified atom stereocenters. The van der Waals surface area contributed by atoms with Gasteiger partial charge in [-0.05, 0) is 24.3 Å².